The first-order valence-electron chi connectivity index (χ1n) is 6.87. The van der Waals surface area contributed by atoms with E-state index < -0.39 is 0 Å². The van der Waals surface area contributed by atoms with Crippen LogP contribution in [0.1, 0.15) is 33.8 Å². The van der Waals surface area contributed by atoms with Crippen LogP contribution in [0.15, 0.2) is 48.5 Å². The zero-order valence-corrected chi connectivity index (χ0v) is 11.5. The Morgan fingerprint density at radius 2 is 1.90 bits per heavy atom. The molecular formula is C17H18N2O. The van der Waals surface area contributed by atoms with Gasteiger partial charge in [-0.3, -0.25) is 4.79 Å². The van der Waals surface area contributed by atoms with Crippen LogP contribution < -0.4 is 11.1 Å². The van der Waals surface area contributed by atoms with E-state index in [2.05, 4.69) is 17.4 Å². The molecule has 1 fully saturated rings. The second-order valence-electron chi connectivity index (χ2n) is 5.35. The van der Waals surface area contributed by atoms with Crippen LogP contribution in [0.2, 0.25) is 0 Å². The van der Waals surface area contributed by atoms with E-state index in [1.54, 1.807) is 0 Å². The van der Waals surface area contributed by atoms with Crippen LogP contribution in [-0.4, -0.2) is 11.9 Å². The van der Waals surface area contributed by atoms with Crippen LogP contribution in [0.4, 0.5) is 5.69 Å². The fourth-order valence-electron chi connectivity index (χ4n) is 2.57. The molecule has 0 saturated heterocycles. The van der Waals surface area contributed by atoms with E-state index in [9.17, 15) is 4.79 Å². The monoisotopic (exact) mass is 266 g/mol. The second-order valence-corrected chi connectivity index (χ2v) is 5.35. The van der Waals surface area contributed by atoms with Gasteiger partial charge in [-0.15, -0.1) is 0 Å². The lowest BCUT2D eigenvalue weighted by atomic mass is 10.1. The van der Waals surface area contributed by atoms with Crippen LogP contribution in [0.25, 0.3) is 0 Å². The molecule has 20 heavy (non-hydrogen) atoms. The molecule has 1 amide bonds. The van der Waals surface area contributed by atoms with Crippen LogP contribution in [0.3, 0.4) is 0 Å². The molecule has 0 spiro atoms. The lowest BCUT2D eigenvalue weighted by Crippen LogP contribution is -2.27. The molecule has 0 bridgehead atoms. The predicted octanol–water partition coefficient (Wildman–Crippen LogP) is 2.86. The molecule has 2 aromatic rings. The average molecular weight is 266 g/mol. The number of hydrogen-bond donors (Lipinski definition) is 2. The Labute approximate surface area is 118 Å². The second kappa shape index (κ2) is 5.00. The fourth-order valence-corrected chi connectivity index (χ4v) is 2.57. The highest BCUT2D eigenvalue weighted by atomic mass is 16.1. The Morgan fingerprint density at radius 3 is 2.65 bits per heavy atom. The highest BCUT2D eigenvalue weighted by Crippen LogP contribution is 2.40. The van der Waals surface area contributed by atoms with Crippen molar-refractivity contribution in [3.63, 3.8) is 0 Å². The lowest BCUT2D eigenvalue weighted by molar-refractivity contribution is 0.0949. The van der Waals surface area contributed by atoms with Gasteiger partial charge in [-0.1, -0.05) is 36.4 Å². The number of nitrogens with one attached hydrogen (secondary N) is 1. The maximum Gasteiger partial charge on any atom is 0.251 e. The molecule has 3 heteroatoms. The van der Waals surface area contributed by atoms with Crippen molar-refractivity contribution in [3.8, 4) is 0 Å². The SMILES string of the molecule is Cc1c(N)cccc1C(=O)NC1CC1c1ccccc1. The summed E-state index contributed by atoms with van der Waals surface area (Å²) in [5, 5.41) is 3.09. The van der Waals surface area contributed by atoms with Gasteiger partial charge in [0.05, 0.1) is 0 Å². The number of nitrogen functional groups attached to an aromatic ring is 1. The summed E-state index contributed by atoms with van der Waals surface area (Å²) >= 11 is 0. The first kappa shape index (κ1) is 12.7. The molecule has 0 aliphatic heterocycles. The number of amides is 1. The molecule has 3 rings (SSSR count). The number of nitrogens with two attached hydrogens (primary N) is 1. The van der Waals surface area contributed by atoms with Gasteiger partial charge >= 0.3 is 0 Å². The van der Waals surface area contributed by atoms with Crippen LogP contribution in [0, 0.1) is 6.92 Å². The molecule has 102 valence electrons. The van der Waals surface area contributed by atoms with Crippen molar-refractivity contribution in [1.29, 1.82) is 0 Å². The molecular weight excluding hydrogens is 248 g/mol. The minimum absolute atomic E-state index is 0.0294. The Kier molecular flexibility index (Phi) is 3.18. The van der Waals surface area contributed by atoms with E-state index in [0.29, 0.717) is 17.2 Å². The Morgan fingerprint density at radius 1 is 1.15 bits per heavy atom. The molecule has 2 aromatic carbocycles. The highest BCUT2D eigenvalue weighted by molar-refractivity contribution is 5.97. The van der Waals surface area contributed by atoms with E-state index >= 15 is 0 Å². The quantitative estimate of drug-likeness (QED) is 0.839. The summed E-state index contributed by atoms with van der Waals surface area (Å²) in [4.78, 5) is 12.3. The van der Waals surface area contributed by atoms with Crippen molar-refractivity contribution < 1.29 is 4.79 Å². The first-order chi connectivity index (χ1) is 9.66. The Bertz CT molecular complexity index is 637. The van der Waals surface area contributed by atoms with Crippen molar-refractivity contribution in [1.82, 2.24) is 5.32 Å². The van der Waals surface area contributed by atoms with Gasteiger partial charge in [0.15, 0.2) is 0 Å². The topological polar surface area (TPSA) is 55.1 Å². The van der Waals surface area contributed by atoms with Gasteiger partial charge in [0.2, 0.25) is 0 Å². The zero-order valence-electron chi connectivity index (χ0n) is 11.5. The van der Waals surface area contributed by atoms with Gasteiger partial charge in [0, 0.05) is 23.2 Å². The van der Waals surface area contributed by atoms with E-state index in [0.717, 1.165) is 12.0 Å². The molecule has 3 nitrogen and oxygen atoms in total. The molecule has 3 N–H and O–H groups in total. The third-order valence-corrected chi connectivity index (χ3v) is 3.95. The molecule has 1 aliphatic carbocycles. The van der Waals surface area contributed by atoms with Gasteiger partial charge in [0.1, 0.15) is 0 Å². The molecule has 2 unspecified atom stereocenters. The summed E-state index contributed by atoms with van der Waals surface area (Å²) in [6, 6.07) is 16.0. The molecule has 1 saturated carbocycles. The van der Waals surface area contributed by atoms with E-state index in [4.69, 9.17) is 5.73 Å². The van der Waals surface area contributed by atoms with Crippen molar-refractivity contribution in [2.45, 2.75) is 25.3 Å². The molecule has 0 radical (unpaired) electrons. The maximum absolute atomic E-state index is 12.3. The van der Waals surface area contributed by atoms with Crippen molar-refractivity contribution in [2.75, 3.05) is 5.73 Å². The van der Waals surface area contributed by atoms with E-state index in [-0.39, 0.29) is 11.9 Å². The lowest BCUT2D eigenvalue weighted by Gasteiger charge is -2.09. The summed E-state index contributed by atoms with van der Waals surface area (Å²) in [6.45, 7) is 1.88. The number of rotatable bonds is 3. The van der Waals surface area contributed by atoms with Gasteiger partial charge < -0.3 is 11.1 Å². The van der Waals surface area contributed by atoms with Crippen molar-refractivity contribution in [2.24, 2.45) is 0 Å². The van der Waals surface area contributed by atoms with E-state index in [1.807, 2.05) is 43.3 Å². The third-order valence-electron chi connectivity index (χ3n) is 3.95. The predicted molar refractivity (Wildman–Crippen MR) is 80.6 cm³/mol. The average Bonchev–Trinajstić information content (AvgIpc) is 3.22. The number of anilines is 1. The van der Waals surface area contributed by atoms with Crippen LogP contribution >= 0.6 is 0 Å². The third kappa shape index (κ3) is 2.39. The molecule has 0 heterocycles. The molecule has 0 aromatic heterocycles. The van der Waals surface area contributed by atoms with E-state index in [1.165, 1.54) is 5.56 Å². The fraction of sp³-hybridized carbons (Fsp3) is 0.235. The van der Waals surface area contributed by atoms with Crippen LogP contribution in [0.5, 0.6) is 0 Å². The minimum Gasteiger partial charge on any atom is -0.398 e. The summed E-state index contributed by atoms with van der Waals surface area (Å²) in [6.07, 6.45) is 1.01. The smallest absolute Gasteiger partial charge is 0.251 e. The summed E-state index contributed by atoms with van der Waals surface area (Å²) in [7, 11) is 0. The first-order valence-corrected chi connectivity index (χ1v) is 6.87. The van der Waals surface area contributed by atoms with Gasteiger partial charge in [-0.2, -0.15) is 0 Å². The number of hydrogen-bond acceptors (Lipinski definition) is 2. The van der Waals surface area contributed by atoms with Crippen molar-refractivity contribution >= 4 is 11.6 Å². The summed E-state index contributed by atoms with van der Waals surface area (Å²) < 4.78 is 0. The van der Waals surface area contributed by atoms with Gasteiger partial charge in [-0.25, -0.2) is 0 Å². The number of carbonyl (C=O) groups is 1. The largest absolute Gasteiger partial charge is 0.398 e. The summed E-state index contributed by atoms with van der Waals surface area (Å²) in [5.74, 6) is 0.416. The molecule has 1 aliphatic rings. The zero-order chi connectivity index (χ0) is 14.1. The Balaban J connectivity index is 1.68. The van der Waals surface area contributed by atoms with Gasteiger partial charge in [-0.05, 0) is 36.6 Å². The summed E-state index contributed by atoms with van der Waals surface area (Å²) in [5.41, 5.74) is 9.32. The standard InChI is InChI=1S/C17H18N2O/c1-11-13(8-5-9-15(11)18)17(20)19-16-10-14(16)12-6-3-2-4-7-12/h2-9,14,16H,10,18H2,1H3,(H,19,20). The van der Waals surface area contributed by atoms with Crippen LogP contribution in [-0.2, 0) is 0 Å². The minimum atomic E-state index is -0.0294. The van der Waals surface area contributed by atoms with Gasteiger partial charge in [0.25, 0.3) is 5.91 Å². The normalized spacial score (nSPS) is 20.4. The Hall–Kier alpha value is -2.29. The number of carbonyl (C=O) groups excluding carboxylic acids is 1. The highest BCUT2D eigenvalue weighted by Gasteiger charge is 2.39. The maximum atomic E-state index is 12.3. The van der Waals surface area contributed by atoms with Crippen molar-refractivity contribution in [3.05, 3.63) is 65.2 Å². The molecule has 2 atom stereocenters. The number of benzene rings is 2.